The van der Waals surface area contributed by atoms with E-state index in [1.54, 1.807) is 23.9 Å². The maximum absolute atomic E-state index is 12.1. The van der Waals surface area contributed by atoms with Crippen LogP contribution in [0.4, 0.5) is 6.01 Å². The second-order valence-corrected chi connectivity index (χ2v) is 5.98. The Morgan fingerprint density at radius 1 is 1.13 bits per heavy atom. The lowest BCUT2D eigenvalue weighted by Gasteiger charge is -2.01. The van der Waals surface area contributed by atoms with Gasteiger partial charge in [-0.05, 0) is 31.2 Å². The standard InChI is InChI=1S/C17H15N3O2S/c1-12-6-5-7-13(10-12)16(21)18-17-20-19-15(22-17)11-23-14-8-3-2-4-9-14/h2-10H,11H2,1H3,(H,18,20,21). The van der Waals surface area contributed by atoms with Crippen molar-refractivity contribution in [1.82, 2.24) is 10.2 Å². The van der Waals surface area contributed by atoms with Gasteiger partial charge in [-0.1, -0.05) is 41.0 Å². The molecule has 1 aromatic heterocycles. The number of amides is 1. The van der Waals surface area contributed by atoms with Gasteiger partial charge in [-0.25, -0.2) is 0 Å². The fourth-order valence-electron chi connectivity index (χ4n) is 1.98. The van der Waals surface area contributed by atoms with Crippen molar-refractivity contribution in [2.75, 3.05) is 5.32 Å². The highest BCUT2D eigenvalue weighted by atomic mass is 32.2. The molecule has 3 rings (SSSR count). The van der Waals surface area contributed by atoms with Crippen LogP contribution in [0.5, 0.6) is 0 Å². The average Bonchev–Trinajstić information content (AvgIpc) is 3.01. The first-order chi connectivity index (χ1) is 11.2. The quantitative estimate of drug-likeness (QED) is 0.720. The van der Waals surface area contributed by atoms with Crippen molar-refractivity contribution in [2.45, 2.75) is 17.6 Å². The summed E-state index contributed by atoms with van der Waals surface area (Å²) in [5, 5.41) is 10.4. The van der Waals surface area contributed by atoms with E-state index in [9.17, 15) is 4.79 Å². The molecule has 0 saturated carbocycles. The molecule has 6 heteroatoms. The number of anilines is 1. The molecule has 0 fully saturated rings. The zero-order chi connectivity index (χ0) is 16.1. The summed E-state index contributed by atoms with van der Waals surface area (Å²) < 4.78 is 5.45. The molecule has 0 atom stereocenters. The molecular weight excluding hydrogens is 310 g/mol. The maximum atomic E-state index is 12.1. The number of carbonyl (C=O) groups is 1. The van der Waals surface area contributed by atoms with Gasteiger partial charge >= 0.3 is 6.01 Å². The first-order valence-electron chi connectivity index (χ1n) is 7.09. The number of nitrogens with one attached hydrogen (secondary N) is 1. The van der Waals surface area contributed by atoms with Gasteiger partial charge in [0.05, 0.1) is 5.75 Å². The SMILES string of the molecule is Cc1cccc(C(=O)Nc2nnc(CSc3ccccc3)o2)c1. The van der Waals surface area contributed by atoms with E-state index in [1.165, 1.54) is 0 Å². The van der Waals surface area contributed by atoms with Crippen molar-refractivity contribution in [3.05, 3.63) is 71.6 Å². The molecule has 1 heterocycles. The molecule has 0 aliphatic rings. The molecule has 1 amide bonds. The minimum Gasteiger partial charge on any atom is -0.407 e. The third-order valence-electron chi connectivity index (χ3n) is 3.07. The largest absolute Gasteiger partial charge is 0.407 e. The molecule has 0 saturated heterocycles. The molecule has 0 aliphatic heterocycles. The van der Waals surface area contributed by atoms with E-state index >= 15 is 0 Å². The molecule has 3 aromatic rings. The zero-order valence-electron chi connectivity index (χ0n) is 12.5. The van der Waals surface area contributed by atoms with Crippen LogP contribution in [-0.2, 0) is 5.75 Å². The van der Waals surface area contributed by atoms with Crippen LogP contribution in [0.15, 0.2) is 63.9 Å². The van der Waals surface area contributed by atoms with Gasteiger partial charge in [0.1, 0.15) is 0 Å². The lowest BCUT2D eigenvalue weighted by molar-refractivity contribution is 0.102. The Morgan fingerprint density at radius 3 is 2.74 bits per heavy atom. The second-order valence-electron chi connectivity index (χ2n) is 4.93. The monoisotopic (exact) mass is 325 g/mol. The fourth-order valence-corrected chi connectivity index (χ4v) is 2.74. The highest BCUT2D eigenvalue weighted by Gasteiger charge is 2.11. The van der Waals surface area contributed by atoms with Crippen LogP contribution in [0, 0.1) is 6.92 Å². The second kappa shape index (κ2) is 7.11. The van der Waals surface area contributed by atoms with Gasteiger partial charge in [0.25, 0.3) is 5.91 Å². The van der Waals surface area contributed by atoms with E-state index in [4.69, 9.17) is 4.42 Å². The molecule has 0 radical (unpaired) electrons. The number of aryl methyl sites for hydroxylation is 1. The van der Waals surface area contributed by atoms with Gasteiger partial charge < -0.3 is 4.42 Å². The summed E-state index contributed by atoms with van der Waals surface area (Å²) in [5.41, 5.74) is 1.58. The number of aromatic nitrogens is 2. The van der Waals surface area contributed by atoms with E-state index < -0.39 is 0 Å². The molecule has 23 heavy (non-hydrogen) atoms. The minimum atomic E-state index is -0.264. The van der Waals surface area contributed by atoms with E-state index in [2.05, 4.69) is 15.5 Å². The Hall–Kier alpha value is -2.60. The average molecular weight is 325 g/mol. The van der Waals surface area contributed by atoms with E-state index in [0.717, 1.165) is 10.5 Å². The van der Waals surface area contributed by atoms with Crippen molar-refractivity contribution in [2.24, 2.45) is 0 Å². The Balaban J connectivity index is 1.60. The lowest BCUT2D eigenvalue weighted by atomic mass is 10.1. The fraction of sp³-hybridized carbons (Fsp3) is 0.118. The normalized spacial score (nSPS) is 10.5. The van der Waals surface area contributed by atoms with Crippen LogP contribution in [0.2, 0.25) is 0 Å². The van der Waals surface area contributed by atoms with Gasteiger partial charge in [0, 0.05) is 10.5 Å². The highest BCUT2D eigenvalue weighted by molar-refractivity contribution is 7.98. The molecule has 0 bridgehead atoms. The number of rotatable bonds is 5. The molecule has 2 aromatic carbocycles. The molecular formula is C17H15N3O2S. The molecule has 0 unspecified atom stereocenters. The topological polar surface area (TPSA) is 68.0 Å². The summed E-state index contributed by atoms with van der Waals surface area (Å²) >= 11 is 1.60. The summed E-state index contributed by atoms with van der Waals surface area (Å²) in [7, 11) is 0. The van der Waals surface area contributed by atoms with Gasteiger partial charge in [-0.15, -0.1) is 16.9 Å². The summed E-state index contributed by atoms with van der Waals surface area (Å²) in [6.45, 7) is 1.93. The van der Waals surface area contributed by atoms with Gasteiger partial charge in [0.15, 0.2) is 0 Å². The summed E-state index contributed by atoms with van der Waals surface area (Å²) in [6, 6.07) is 17.4. The number of carbonyl (C=O) groups excluding carboxylic acids is 1. The zero-order valence-corrected chi connectivity index (χ0v) is 13.3. The van der Waals surface area contributed by atoms with Crippen LogP contribution >= 0.6 is 11.8 Å². The third kappa shape index (κ3) is 4.20. The Bertz CT molecular complexity index is 802. The van der Waals surface area contributed by atoms with Crippen LogP contribution in [0.25, 0.3) is 0 Å². The lowest BCUT2D eigenvalue weighted by Crippen LogP contribution is -2.12. The number of hydrogen-bond acceptors (Lipinski definition) is 5. The Morgan fingerprint density at radius 2 is 1.96 bits per heavy atom. The summed E-state index contributed by atoms with van der Waals surface area (Å²) in [5.74, 6) is 0.759. The van der Waals surface area contributed by atoms with Crippen LogP contribution < -0.4 is 5.32 Å². The first-order valence-corrected chi connectivity index (χ1v) is 8.07. The highest BCUT2D eigenvalue weighted by Crippen LogP contribution is 2.22. The molecule has 1 N–H and O–H groups in total. The predicted octanol–water partition coefficient (Wildman–Crippen LogP) is 3.92. The van der Waals surface area contributed by atoms with Gasteiger partial charge in [-0.3, -0.25) is 10.1 Å². The van der Waals surface area contributed by atoms with Crippen molar-refractivity contribution in [3.63, 3.8) is 0 Å². The number of hydrogen-bond donors (Lipinski definition) is 1. The minimum absolute atomic E-state index is 0.111. The Kier molecular flexibility index (Phi) is 4.73. The Labute approximate surface area is 138 Å². The van der Waals surface area contributed by atoms with E-state index in [-0.39, 0.29) is 11.9 Å². The third-order valence-corrected chi connectivity index (χ3v) is 4.07. The number of benzene rings is 2. The van der Waals surface area contributed by atoms with Crippen molar-refractivity contribution < 1.29 is 9.21 Å². The van der Waals surface area contributed by atoms with Crippen LogP contribution in [0.3, 0.4) is 0 Å². The van der Waals surface area contributed by atoms with Crippen LogP contribution in [0.1, 0.15) is 21.8 Å². The maximum Gasteiger partial charge on any atom is 0.322 e. The smallest absolute Gasteiger partial charge is 0.322 e. The van der Waals surface area contributed by atoms with Crippen molar-refractivity contribution in [3.8, 4) is 0 Å². The molecule has 116 valence electrons. The summed E-state index contributed by atoms with van der Waals surface area (Å²) in [4.78, 5) is 13.2. The first kappa shape index (κ1) is 15.3. The molecule has 0 aliphatic carbocycles. The van der Waals surface area contributed by atoms with Crippen LogP contribution in [-0.4, -0.2) is 16.1 Å². The number of nitrogens with zero attached hydrogens (tertiary/aromatic N) is 2. The van der Waals surface area contributed by atoms with E-state index in [0.29, 0.717) is 17.2 Å². The van der Waals surface area contributed by atoms with Gasteiger partial charge in [-0.2, -0.15) is 0 Å². The molecule has 5 nitrogen and oxygen atoms in total. The number of thioether (sulfide) groups is 1. The van der Waals surface area contributed by atoms with Crippen molar-refractivity contribution in [1.29, 1.82) is 0 Å². The van der Waals surface area contributed by atoms with E-state index in [1.807, 2.05) is 49.4 Å². The van der Waals surface area contributed by atoms with Gasteiger partial charge in [0.2, 0.25) is 5.89 Å². The summed E-state index contributed by atoms with van der Waals surface area (Å²) in [6.07, 6.45) is 0. The predicted molar refractivity (Wildman–Crippen MR) is 89.4 cm³/mol. The molecule has 0 spiro atoms. The van der Waals surface area contributed by atoms with Crippen molar-refractivity contribution >= 4 is 23.7 Å².